The minimum atomic E-state index is -0.0946. The summed E-state index contributed by atoms with van der Waals surface area (Å²) in [4.78, 5) is 33.0. The average Bonchev–Trinajstić information content (AvgIpc) is 3.13. The van der Waals surface area contributed by atoms with E-state index in [2.05, 4.69) is 25.5 Å². The number of carbonyl (C=O) groups is 2. The highest BCUT2D eigenvalue weighted by molar-refractivity contribution is 7.15. The number of Topliss-reactive ketones (excluding diaryl/α,β-unsaturated/α-hetero) is 1. The molecule has 1 N–H and O–H groups in total. The van der Waals surface area contributed by atoms with Crippen LogP contribution >= 0.6 is 11.3 Å². The van der Waals surface area contributed by atoms with Crippen LogP contribution in [0.15, 0.2) is 42.7 Å². The molecule has 3 heterocycles. The van der Waals surface area contributed by atoms with Crippen LogP contribution in [0.3, 0.4) is 0 Å². The summed E-state index contributed by atoms with van der Waals surface area (Å²) in [6.45, 7) is 1.49. The molecule has 0 aromatic carbocycles. The fourth-order valence-corrected chi connectivity index (χ4v) is 4.66. The van der Waals surface area contributed by atoms with E-state index in [1.165, 1.54) is 11.8 Å². The van der Waals surface area contributed by atoms with Crippen molar-refractivity contribution in [2.24, 2.45) is 5.92 Å². The fourth-order valence-electron chi connectivity index (χ4n) is 3.67. The lowest BCUT2D eigenvalue weighted by molar-refractivity contribution is -0.118. The molecule has 3 aromatic rings. The summed E-state index contributed by atoms with van der Waals surface area (Å²) in [6, 6.07) is 9.45. The molecule has 3 aromatic heterocycles. The van der Waals surface area contributed by atoms with Crippen molar-refractivity contribution in [3.63, 3.8) is 0 Å². The number of nitrogens with one attached hydrogen (secondary N) is 1. The third kappa shape index (κ3) is 5.33. The van der Waals surface area contributed by atoms with Gasteiger partial charge >= 0.3 is 0 Å². The van der Waals surface area contributed by atoms with Crippen molar-refractivity contribution in [2.75, 3.05) is 5.32 Å². The van der Waals surface area contributed by atoms with E-state index in [9.17, 15) is 9.59 Å². The number of carbonyl (C=O) groups excluding carboxylic acids is 2. The number of nitrogens with zero attached hydrogens (tertiary/aromatic N) is 4. The second-order valence-corrected chi connectivity index (χ2v) is 8.78. The molecule has 154 valence electrons. The summed E-state index contributed by atoms with van der Waals surface area (Å²) < 4.78 is 0. The average molecular weight is 422 g/mol. The molecule has 30 heavy (non-hydrogen) atoms. The first kappa shape index (κ1) is 20.3. The van der Waals surface area contributed by atoms with Crippen molar-refractivity contribution in [1.82, 2.24) is 20.2 Å². The molecule has 1 fully saturated rings. The quantitative estimate of drug-likeness (QED) is 0.599. The number of rotatable bonds is 8. The lowest BCUT2D eigenvalue weighted by Gasteiger charge is -2.34. The topological polar surface area (TPSA) is 97.7 Å². The van der Waals surface area contributed by atoms with Crippen LogP contribution in [0.25, 0.3) is 0 Å². The van der Waals surface area contributed by atoms with E-state index in [4.69, 9.17) is 0 Å². The minimum absolute atomic E-state index is 0.0841. The first-order valence-corrected chi connectivity index (χ1v) is 10.8. The molecule has 1 saturated carbocycles. The van der Waals surface area contributed by atoms with Gasteiger partial charge in [0.2, 0.25) is 5.91 Å². The number of hydrogen-bond acceptors (Lipinski definition) is 7. The Bertz CT molecular complexity index is 1010. The molecule has 1 amide bonds. The third-order valence-corrected chi connectivity index (χ3v) is 6.28. The number of thiazole rings is 1. The Hall–Kier alpha value is -3.00. The van der Waals surface area contributed by atoms with Gasteiger partial charge in [-0.05, 0) is 55.4 Å². The maximum absolute atomic E-state index is 12.2. The highest BCUT2D eigenvalue weighted by Crippen LogP contribution is 2.45. The molecule has 0 atom stereocenters. The van der Waals surface area contributed by atoms with Gasteiger partial charge in [0.25, 0.3) is 0 Å². The zero-order valence-electron chi connectivity index (χ0n) is 16.7. The zero-order valence-corrected chi connectivity index (χ0v) is 17.6. The van der Waals surface area contributed by atoms with Crippen molar-refractivity contribution in [2.45, 2.75) is 44.9 Å². The van der Waals surface area contributed by atoms with E-state index in [1.807, 2.05) is 36.5 Å². The molecular weight excluding hydrogens is 398 g/mol. The van der Waals surface area contributed by atoms with Crippen molar-refractivity contribution >= 4 is 28.2 Å². The van der Waals surface area contributed by atoms with Gasteiger partial charge < -0.3 is 5.32 Å². The van der Waals surface area contributed by atoms with Gasteiger partial charge in [-0.1, -0.05) is 6.07 Å². The molecule has 0 unspecified atom stereocenters. The highest BCUT2D eigenvalue weighted by atomic mass is 32.1. The molecule has 1 aliphatic rings. The van der Waals surface area contributed by atoms with Crippen LogP contribution < -0.4 is 5.32 Å². The van der Waals surface area contributed by atoms with Gasteiger partial charge in [0.15, 0.2) is 5.13 Å². The van der Waals surface area contributed by atoms with Gasteiger partial charge in [0.05, 0.1) is 17.8 Å². The molecule has 0 radical (unpaired) electrons. The van der Waals surface area contributed by atoms with Crippen molar-refractivity contribution in [3.8, 4) is 0 Å². The normalized spacial score (nSPS) is 17.9. The van der Waals surface area contributed by atoms with Gasteiger partial charge in [-0.3, -0.25) is 14.6 Å². The second-order valence-electron chi connectivity index (χ2n) is 7.72. The predicted octanol–water partition coefficient (Wildman–Crippen LogP) is 3.38. The maximum atomic E-state index is 12.2. The summed E-state index contributed by atoms with van der Waals surface area (Å²) >= 11 is 1.55. The maximum Gasteiger partial charge on any atom is 0.223 e. The molecule has 0 saturated heterocycles. The van der Waals surface area contributed by atoms with Crippen molar-refractivity contribution in [1.29, 1.82) is 0 Å². The molecule has 8 heteroatoms. The van der Waals surface area contributed by atoms with Gasteiger partial charge in [0, 0.05) is 36.3 Å². The Labute approximate surface area is 179 Å². The zero-order chi connectivity index (χ0) is 20.9. The predicted molar refractivity (Wildman–Crippen MR) is 114 cm³/mol. The Morgan fingerprint density at radius 1 is 1.03 bits per heavy atom. The summed E-state index contributed by atoms with van der Waals surface area (Å²) in [7, 11) is 0. The van der Waals surface area contributed by atoms with Gasteiger partial charge in [-0.15, -0.1) is 11.3 Å². The smallest absolute Gasteiger partial charge is 0.223 e. The van der Waals surface area contributed by atoms with Crippen LogP contribution in [0.2, 0.25) is 0 Å². The summed E-state index contributed by atoms with van der Waals surface area (Å²) in [5, 5.41) is 12.0. The van der Waals surface area contributed by atoms with Crippen LogP contribution in [0.1, 0.15) is 47.6 Å². The number of anilines is 1. The van der Waals surface area contributed by atoms with Gasteiger partial charge in [0.1, 0.15) is 5.78 Å². The molecule has 1 aliphatic carbocycles. The van der Waals surface area contributed by atoms with E-state index in [0.29, 0.717) is 29.1 Å². The SMILES string of the molecule is CC(=O)Nc1ncc(C2CC(Cc3ccc(CC(=O)Cc4ccccn4)nn3)C2)s1. The van der Waals surface area contributed by atoms with Crippen LogP contribution in [0, 0.1) is 5.92 Å². The summed E-state index contributed by atoms with van der Waals surface area (Å²) in [5.41, 5.74) is 2.43. The van der Waals surface area contributed by atoms with E-state index in [0.717, 1.165) is 30.7 Å². The number of amides is 1. The van der Waals surface area contributed by atoms with Crippen molar-refractivity contribution < 1.29 is 9.59 Å². The standard InChI is InChI=1S/C22H23N5O2S/c1-14(28)25-22-24-13-21(30-22)16-8-15(9-16)10-18-5-6-19(27-26-18)12-20(29)11-17-4-2-3-7-23-17/h2-7,13,15-16H,8-12H2,1H3,(H,24,25,28). The monoisotopic (exact) mass is 421 g/mol. The number of hydrogen-bond donors (Lipinski definition) is 1. The fraction of sp³-hybridized carbons (Fsp3) is 0.364. The molecular formula is C22H23N5O2S. The van der Waals surface area contributed by atoms with Gasteiger partial charge in [-0.25, -0.2) is 4.98 Å². The van der Waals surface area contributed by atoms with E-state index in [-0.39, 0.29) is 18.1 Å². The largest absolute Gasteiger partial charge is 0.302 e. The first-order chi connectivity index (χ1) is 14.5. The van der Waals surface area contributed by atoms with E-state index in [1.54, 1.807) is 17.5 Å². The Morgan fingerprint density at radius 3 is 2.50 bits per heavy atom. The van der Waals surface area contributed by atoms with Crippen LogP contribution in [-0.2, 0) is 28.9 Å². The number of aromatic nitrogens is 4. The Balaban J connectivity index is 1.23. The van der Waals surface area contributed by atoms with Gasteiger partial charge in [-0.2, -0.15) is 10.2 Å². The number of pyridine rings is 1. The van der Waals surface area contributed by atoms with Crippen LogP contribution in [0.5, 0.6) is 0 Å². The first-order valence-electron chi connectivity index (χ1n) is 10.0. The minimum Gasteiger partial charge on any atom is -0.302 e. The molecule has 0 spiro atoms. The van der Waals surface area contributed by atoms with Crippen LogP contribution in [-0.4, -0.2) is 31.9 Å². The lowest BCUT2D eigenvalue weighted by atomic mass is 9.72. The second kappa shape index (κ2) is 9.21. The molecule has 0 bridgehead atoms. The van der Waals surface area contributed by atoms with Crippen LogP contribution in [0.4, 0.5) is 5.13 Å². The summed E-state index contributed by atoms with van der Waals surface area (Å²) in [5.74, 6) is 1.07. The summed E-state index contributed by atoms with van der Waals surface area (Å²) in [6.07, 6.45) is 7.23. The van der Waals surface area contributed by atoms with E-state index >= 15 is 0 Å². The molecule has 7 nitrogen and oxygen atoms in total. The third-order valence-electron chi connectivity index (χ3n) is 5.20. The molecule has 0 aliphatic heterocycles. The Kier molecular flexibility index (Phi) is 6.23. The van der Waals surface area contributed by atoms with Crippen molar-refractivity contribution in [3.05, 3.63) is 64.7 Å². The number of ketones is 1. The molecule has 4 rings (SSSR count). The highest BCUT2D eigenvalue weighted by Gasteiger charge is 2.32. The Morgan fingerprint density at radius 2 is 1.80 bits per heavy atom. The lowest BCUT2D eigenvalue weighted by Crippen LogP contribution is -2.23. The van der Waals surface area contributed by atoms with E-state index < -0.39 is 0 Å².